The number of benzene rings is 2. The number of aromatic nitrogens is 4. The number of H-pyrrole nitrogens is 1. The van der Waals surface area contributed by atoms with E-state index >= 15 is 0 Å². The standard InChI is InChI=1S/C17H13N5S/c18-15-14-11-19-22(13-9-5-2-6-10-13)16(14)20-17(23)21(15)12-7-3-1-4-8-12/h1-11,18H,(H,20,23). The molecule has 2 aromatic heterocycles. The van der Waals surface area contributed by atoms with Gasteiger partial charge in [-0.05, 0) is 36.5 Å². The number of hydrogen-bond acceptors (Lipinski definition) is 3. The highest BCUT2D eigenvalue weighted by Crippen LogP contribution is 2.15. The first-order chi connectivity index (χ1) is 11.3. The highest BCUT2D eigenvalue weighted by atomic mass is 32.1. The van der Waals surface area contributed by atoms with Crippen LogP contribution in [0.1, 0.15) is 0 Å². The Morgan fingerprint density at radius 1 is 0.913 bits per heavy atom. The Morgan fingerprint density at radius 2 is 1.52 bits per heavy atom. The van der Waals surface area contributed by atoms with Gasteiger partial charge >= 0.3 is 0 Å². The van der Waals surface area contributed by atoms with E-state index in [-0.39, 0.29) is 0 Å². The number of rotatable bonds is 2. The summed E-state index contributed by atoms with van der Waals surface area (Å²) in [4.78, 5) is 3.20. The summed E-state index contributed by atoms with van der Waals surface area (Å²) in [6.07, 6.45) is 1.69. The molecule has 0 radical (unpaired) electrons. The van der Waals surface area contributed by atoms with Crippen molar-refractivity contribution in [2.45, 2.75) is 0 Å². The van der Waals surface area contributed by atoms with Gasteiger partial charge in [-0.1, -0.05) is 36.4 Å². The molecule has 0 atom stereocenters. The Hall–Kier alpha value is -2.99. The lowest BCUT2D eigenvalue weighted by Gasteiger charge is -2.09. The molecule has 0 amide bonds. The summed E-state index contributed by atoms with van der Waals surface area (Å²) in [6.45, 7) is 0. The molecule has 0 aliphatic carbocycles. The van der Waals surface area contributed by atoms with Gasteiger partial charge in [0.05, 0.1) is 17.3 Å². The number of nitrogens with zero attached hydrogens (tertiary/aromatic N) is 3. The molecule has 5 nitrogen and oxygen atoms in total. The predicted molar refractivity (Wildman–Crippen MR) is 91.4 cm³/mol. The molecule has 0 fully saturated rings. The minimum Gasteiger partial charge on any atom is -0.316 e. The maximum absolute atomic E-state index is 8.52. The highest BCUT2D eigenvalue weighted by Gasteiger charge is 2.10. The zero-order chi connectivity index (χ0) is 15.8. The average molecular weight is 319 g/mol. The number of hydrogen-bond donors (Lipinski definition) is 2. The van der Waals surface area contributed by atoms with E-state index in [9.17, 15) is 0 Å². The molecule has 4 rings (SSSR count). The lowest BCUT2D eigenvalue weighted by molar-refractivity contribution is 0.864. The maximum Gasteiger partial charge on any atom is 0.185 e. The SMILES string of the molecule is N=c1c2cnn(-c3ccccc3)c2[nH]c(=S)n1-c1ccccc1. The Kier molecular flexibility index (Phi) is 3.17. The van der Waals surface area contributed by atoms with Gasteiger partial charge in [0.1, 0.15) is 11.1 Å². The fourth-order valence-corrected chi connectivity index (χ4v) is 2.90. The Balaban J connectivity index is 2.03. The number of para-hydroxylation sites is 2. The minimum atomic E-state index is 0.317. The van der Waals surface area contributed by atoms with Crippen LogP contribution in [0, 0.1) is 10.2 Å². The second-order valence-corrected chi connectivity index (χ2v) is 5.49. The third kappa shape index (κ3) is 2.20. The summed E-state index contributed by atoms with van der Waals surface area (Å²) >= 11 is 5.47. The van der Waals surface area contributed by atoms with Gasteiger partial charge in [-0.3, -0.25) is 9.98 Å². The lowest BCUT2D eigenvalue weighted by atomic mass is 10.3. The monoisotopic (exact) mass is 319 g/mol. The van der Waals surface area contributed by atoms with Crippen LogP contribution in [-0.2, 0) is 0 Å². The topological polar surface area (TPSA) is 62.4 Å². The summed E-state index contributed by atoms with van der Waals surface area (Å²) in [5, 5.41) is 13.6. The van der Waals surface area contributed by atoms with Gasteiger partial charge in [-0.15, -0.1) is 0 Å². The molecule has 2 aromatic carbocycles. The fourth-order valence-electron chi connectivity index (χ4n) is 2.61. The number of nitrogens with one attached hydrogen (secondary N) is 2. The first-order valence-corrected chi connectivity index (χ1v) is 7.55. The third-order valence-corrected chi connectivity index (χ3v) is 3.98. The quantitative estimate of drug-likeness (QED) is 0.557. The molecule has 112 valence electrons. The summed E-state index contributed by atoms with van der Waals surface area (Å²) in [6, 6.07) is 19.4. The molecule has 0 spiro atoms. The summed E-state index contributed by atoms with van der Waals surface area (Å²) in [7, 11) is 0. The molecule has 2 N–H and O–H groups in total. The van der Waals surface area contributed by atoms with Crippen LogP contribution in [0.15, 0.2) is 66.9 Å². The fraction of sp³-hybridized carbons (Fsp3) is 0. The van der Waals surface area contributed by atoms with Gasteiger partial charge in [0.25, 0.3) is 0 Å². The van der Waals surface area contributed by atoms with Crippen molar-refractivity contribution in [1.29, 1.82) is 5.41 Å². The molecule has 2 heterocycles. The first kappa shape index (κ1) is 13.7. The molecular formula is C17H13N5S. The average Bonchev–Trinajstić information content (AvgIpc) is 3.00. The van der Waals surface area contributed by atoms with E-state index in [1.165, 1.54) is 0 Å². The van der Waals surface area contributed by atoms with E-state index in [0.29, 0.717) is 15.6 Å². The van der Waals surface area contributed by atoms with E-state index in [1.54, 1.807) is 15.4 Å². The molecule has 0 unspecified atom stereocenters. The van der Waals surface area contributed by atoms with Gasteiger partial charge < -0.3 is 4.98 Å². The molecule has 0 saturated heterocycles. The maximum atomic E-state index is 8.52. The Morgan fingerprint density at radius 3 is 2.17 bits per heavy atom. The summed E-state index contributed by atoms with van der Waals surface area (Å²) in [5.41, 5.74) is 2.81. The van der Waals surface area contributed by atoms with Crippen LogP contribution in [0.3, 0.4) is 0 Å². The lowest BCUT2D eigenvalue weighted by Crippen LogP contribution is -2.20. The van der Waals surface area contributed by atoms with Crippen molar-refractivity contribution < 1.29 is 0 Å². The third-order valence-electron chi connectivity index (χ3n) is 3.69. The van der Waals surface area contributed by atoms with Gasteiger partial charge in [0, 0.05) is 5.69 Å². The molecule has 0 aliphatic heterocycles. The van der Waals surface area contributed by atoms with Crippen LogP contribution in [0.5, 0.6) is 0 Å². The van der Waals surface area contributed by atoms with Gasteiger partial charge in [0.2, 0.25) is 0 Å². The van der Waals surface area contributed by atoms with Crippen molar-refractivity contribution in [2.75, 3.05) is 0 Å². The zero-order valence-corrected chi connectivity index (χ0v) is 12.9. The molecular weight excluding hydrogens is 306 g/mol. The van der Waals surface area contributed by atoms with E-state index in [4.69, 9.17) is 17.6 Å². The predicted octanol–water partition coefficient (Wildman–Crippen LogP) is 3.35. The molecule has 23 heavy (non-hydrogen) atoms. The minimum absolute atomic E-state index is 0.317. The van der Waals surface area contributed by atoms with E-state index in [0.717, 1.165) is 17.0 Å². The molecule has 0 bridgehead atoms. The van der Waals surface area contributed by atoms with Crippen molar-refractivity contribution in [3.05, 3.63) is 77.1 Å². The van der Waals surface area contributed by atoms with Crippen molar-refractivity contribution in [1.82, 2.24) is 19.3 Å². The van der Waals surface area contributed by atoms with Crippen LogP contribution in [0.4, 0.5) is 0 Å². The van der Waals surface area contributed by atoms with Crippen molar-refractivity contribution in [2.24, 2.45) is 0 Å². The highest BCUT2D eigenvalue weighted by molar-refractivity contribution is 7.71. The molecule has 4 aromatic rings. The number of aromatic amines is 1. The first-order valence-electron chi connectivity index (χ1n) is 7.14. The summed E-state index contributed by atoms with van der Waals surface area (Å²) in [5.74, 6) is 0. The zero-order valence-electron chi connectivity index (χ0n) is 12.1. The van der Waals surface area contributed by atoms with Crippen LogP contribution in [0.25, 0.3) is 22.4 Å². The molecule has 6 heteroatoms. The van der Waals surface area contributed by atoms with Crippen LogP contribution >= 0.6 is 12.2 Å². The normalized spacial score (nSPS) is 11.0. The van der Waals surface area contributed by atoms with Crippen LogP contribution in [-0.4, -0.2) is 19.3 Å². The van der Waals surface area contributed by atoms with Crippen LogP contribution < -0.4 is 5.49 Å². The number of fused-ring (bicyclic) bond motifs is 1. The van der Waals surface area contributed by atoms with E-state index in [1.807, 2.05) is 60.7 Å². The van der Waals surface area contributed by atoms with E-state index in [2.05, 4.69) is 10.1 Å². The summed E-state index contributed by atoms with van der Waals surface area (Å²) < 4.78 is 3.93. The molecule has 0 saturated carbocycles. The largest absolute Gasteiger partial charge is 0.316 e. The Bertz CT molecular complexity index is 1090. The van der Waals surface area contributed by atoms with Crippen molar-refractivity contribution in [3.8, 4) is 11.4 Å². The smallest absolute Gasteiger partial charge is 0.185 e. The van der Waals surface area contributed by atoms with Crippen molar-refractivity contribution in [3.63, 3.8) is 0 Å². The molecule has 0 aliphatic rings. The van der Waals surface area contributed by atoms with E-state index < -0.39 is 0 Å². The second kappa shape index (κ2) is 5.33. The van der Waals surface area contributed by atoms with Gasteiger partial charge in [-0.2, -0.15) is 5.10 Å². The van der Waals surface area contributed by atoms with Crippen molar-refractivity contribution >= 4 is 23.3 Å². The van der Waals surface area contributed by atoms with Gasteiger partial charge in [-0.25, -0.2) is 4.68 Å². The Labute approximate surface area is 137 Å². The van der Waals surface area contributed by atoms with Gasteiger partial charge in [0.15, 0.2) is 4.77 Å². The second-order valence-electron chi connectivity index (χ2n) is 5.10. The van der Waals surface area contributed by atoms with Crippen LogP contribution in [0.2, 0.25) is 0 Å².